The van der Waals surface area contributed by atoms with Gasteiger partial charge in [-0.15, -0.1) is 0 Å². The second-order valence-electron chi connectivity index (χ2n) is 4.51. The van der Waals surface area contributed by atoms with E-state index in [9.17, 15) is 8.42 Å². The van der Waals surface area contributed by atoms with Crippen molar-refractivity contribution in [2.45, 2.75) is 24.9 Å². The molecule has 2 heterocycles. The fourth-order valence-electron chi connectivity index (χ4n) is 1.77. The van der Waals surface area contributed by atoms with Crippen LogP contribution in [0.25, 0.3) is 0 Å². The van der Waals surface area contributed by atoms with Crippen LogP contribution in [0.15, 0.2) is 38.5 Å². The van der Waals surface area contributed by atoms with E-state index >= 15 is 0 Å². The lowest BCUT2D eigenvalue weighted by Crippen LogP contribution is -2.23. The van der Waals surface area contributed by atoms with Crippen molar-refractivity contribution in [3.05, 3.63) is 46.1 Å². The smallest absolute Gasteiger partial charge is 0.245 e. The molecule has 114 valence electrons. The molecule has 8 heteroatoms. The van der Waals surface area contributed by atoms with Crippen molar-refractivity contribution in [1.82, 2.24) is 15.0 Å². The number of aromatic nitrogens is 1. The van der Waals surface area contributed by atoms with Crippen molar-refractivity contribution < 1.29 is 12.8 Å². The molecule has 0 fully saturated rings. The van der Waals surface area contributed by atoms with Gasteiger partial charge in [0.1, 0.15) is 10.7 Å². The molecule has 6 nitrogen and oxygen atoms in total. The second-order valence-corrected chi connectivity index (χ2v) is 6.96. The van der Waals surface area contributed by atoms with Crippen LogP contribution < -0.4 is 10.0 Å². The highest BCUT2D eigenvalue weighted by Crippen LogP contribution is 2.26. The number of aryl methyl sites for hydroxylation is 1. The van der Waals surface area contributed by atoms with Gasteiger partial charge in [0.2, 0.25) is 10.0 Å². The van der Waals surface area contributed by atoms with Crippen LogP contribution in [0.2, 0.25) is 0 Å². The number of sulfonamides is 1. The number of furan rings is 1. The number of hydrogen-bond donors (Lipinski definition) is 2. The third-order valence-electron chi connectivity index (χ3n) is 2.95. The Morgan fingerprint density at radius 3 is 2.81 bits per heavy atom. The second kappa shape index (κ2) is 6.69. The molecule has 0 spiro atoms. The maximum absolute atomic E-state index is 12.3. The molecule has 2 rings (SSSR count). The molecular formula is C13H16BrN3O3S. The molecule has 0 saturated carbocycles. The van der Waals surface area contributed by atoms with Crippen LogP contribution in [0.1, 0.15) is 16.9 Å². The van der Waals surface area contributed by atoms with Gasteiger partial charge in [-0.05, 0) is 47.1 Å². The number of hydrogen-bond acceptors (Lipinski definition) is 5. The predicted octanol–water partition coefficient (Wildman–Crippen LogP) is 1.94. The van der Waals surface area contributed by atoms with E-state index in [1.54, 1.807) is 19.4 Å². The SMILES string of the molecule is CNCc1cc(S(=O)(=O)NCc2cnccc2C)c(Br)o1. The van der Waals surface area contributed by atoms with E-state index in [-0.39, 0.29) is 16.1 Å². The highest BCUT2D eigenvalue weighted by Gasteiger charge is 2.22. The van der Waals surface area contributed by atoms with Gasteiger partial charge >= 0.3 is 0 Å². The van der Waals surface area contributed by atoms with Gasteiger partial charge in [-0.1, -0.05) is 0 Å². The third-order valence-corrected chi connectivity index (χ3v) is 5.21. The fourth-order valence-corrected chi connectivity index (χ4v) is 3.78. The number of nitrogens with zero attached hydrogens (tertiary/aromatic N) is 1. The lowest BCUT2D eigenvalue weighted by Gasteiger charge is -2.07. The number of nitrogens with one attached hydrogen (secondary N) is 2. The highest BCUT2D eigenvalue weighted by molar-refractivity contribution is 9.10. The van der Waals surface area contributed by atoms with Crippen molar-refractivity contribution in [2.24, 2.45) is 0 Å². The average Bonchev–Trinajstić information content (AvgIpc) is 2.80. The average molecular weight is 374 g/mol. The van der Waals surface area contributed by atoms with Crippen LogP contribution in [-0.4, -0.2) is 20.4 Å². The van der Waals surface area contributed by atoms with Gasteiger partial charge in [-0.2, -0.15) is 0 Å². The van der Waals surface area contributed by atoms with Crippen molar-refractivity contribution in [3.63, 3.8) is 0 Å². The topological polar surface area (TPSA) is 84.2 Å². The first-order valence-corrected chi connectivity index (χ1v) is 8.53. The van der Waals surface area contributed by atoms with Gasteiger partial charge in [-0.3, -0.25) is 4.98 Å². The third kappa shape index (κ3) is 3.91. The van der Waals surface area contributed by atoms with E-state index in [1.807, 2.05) is 13.0 Å². The van der Waals surface area contributed by atoms with Crippen LogP contribution in [0, 0.1) is 6.92 Å². The zero-order chi connectivity index (χ0) is 15.5. The van der Waals surface area contributed by atoms with Gasteiger partial charge < -0.3 is 9.73 Å². The zero-order valence-electron chi connectivity index (χ0n) is 11.7. The predicted molar refractivity (Wildman–Crippen MR) is 82.2 cm³/mol. The summed E-state index contributed by atoms with van der Waals surface area (Å²) >= 11 is 3.14. The van der Waals surface area contributed by atoms with E-state index < -0.39 is 10.0 Å². The zero-order valence-corrected chi connectivity index (χ0v) is 14.1. The Morgan fingerprint density at radius 2 is 2.14 bits per heavy atom. The van der Waals surface area contributed by atoms with Crippen molar-refractivity contribution in [2.75, 3.05) is 7.05 Å². The number of halogens is 1. The Hall–Kier alpha value is -1.22. The molecule has 0 aliphatic rings. The monoisotopic (exact) mass is 373 g/mol. The molecule has 0 radical (unpaired) electrons. The van der Waals surface area contributed by atoms with Crippen LogP contribution in [-0.2, 0) is 23.1 Å². The normalized spacial score (nSPS) is 11.8. The quantitative estimate of drug-likeness (QED) is 0.808. The van der Waals surface area contributed by atoms with Crippen molar-refractivity contribution in [3.8, 4) is 0 Å². The van der Waals surface area contributed by atoms with Crippen LogP contribution in [0.4, 0.5) is 0 Å². The lowest BCUT2D eigenvalue weighted by atomic mass is 10.2. The fraction of sp³-hybridized carbons (Fsp3) is 0.308. The summed E-state index contributed by atoms with van der Waals surface area (Å²) < 4.78 is 32.7. The molecule has 0 amide bonds. The molecule has 0 aliphatic carbocycles. The van der Waals surface area contributed by atoms with E-state index in [4.69, 9.17) is 4.42 Å². The van der Waals surface area contributed by atoms with Gasteiger partial charge in [0.25, 0.3) is 0 Å². The largest absolute Gasteiger partial charge is 0.452 e. The van der Waals surface area contributed by atoms with E-state index in [2.05, 4.69) is 31.0 Å². The van der Waals surface area contributed by atoms with E-state index in [0.717, 1.165) is 11.1 Å². The molecule has 2 aromatic heterocycles. The molecule has 2 aromatic rings. The van der Waals surface area contributed by atoms with Crippen LogP contribution in [0.3, 0.4) is 0 Å². The molecule has 0 aromatic carbocycles. The standard InChI is InChI=1S/C13H16BrN3O3S/c1-9-3-4-16-6-10(9)7-17-21(18,19)12-5-11(8-15-2)20-13(12)14/h3-6,15,17H,7-8H2,1-2H3. The summed E-state index contributed by atoms with van der Waals surface area (Å²) in [4.78, 5) is 4.09. The van der Waals surface area contributed by atoms with Gasteiger partial charge in [0.05, 0.1) is 6.54 Å². The summed E-state index contributed by atoms with van der Waals surface area (Å²) in [7, 11) is -1.89. The Bertz CT molecular complexity index is 728. The first kappa shape index (κ1) is 16.2. The number of rotatable bonds is 6. The minimum atomic E-state index is -3.65. The molecule has 0 saturated heterocycles. The van der Waals surface area contributed by atoms with E-state index in [1.165, 1.54) is 6.07 Å². The van der Waals surface area contributed by atoms with Gasteiger partial charge in [0, 0.05) is 25.0 Å². The Balaban J connectivity index is 2.17. The minimum Gasteiger partial charge on any atom is -0.452 e. The molecule has 0 atom stereocenters. The summed E-state index contributed by atoms with van der Waals surface area (Å²) in [6.07, 6.45) is 3.32. The highest BCUT2D eigenvalue weighted by atomic mass is 79.9. The Kier molecular flexibility index (Phi) is 5.15. The molecule has 2 N–H and O–H groups in total. The van der Waals surface area contributed by atoms with Crippen molar-refractivity contribution >= 4 is 26.0 Å². The van der Waals surface area contributed by atoms with Gasteiger partial charge in [-0.25, -0.2) is 13.1 Å². The summed E-state index contributed by atoms with van der Waals surface area (Å²) in [5.74, 6) is 0.544. The van der Waals surface area contributed by atoms with Crippen LogP contribution in [0.5, 0.6) is 0 Å². The Labute approximate surface area is 132 Å². The summed E-state index contributed by atoms with van der Waals surface area (Å²) in [6.45, 7) is 2.54. The maximum Gasteiger partial charge on any atom is 0.245 e. The lowest BCUT2D eigenvalue weighted by molar-refractivity contribution is 0.470. The first-order chi connectivity index (χ1) is 9.94. The molecular weight excluding hydrogens is 358 g/mol. The summed E-state index contributed by atoms with van der Waals surface area (Å²) in [6, 6.07) is 3.33. The summed E-state index contributed by atoms with van der Waals surface area (Å²) in [5, 5.41) is 2.90. The first-order valence-electron chi connectivity index (χ1n) is 6.26. The number of pyridine rings is 1. The molecule has 0 bridgehead atoms. The van der Waals surface area contributed by atoms with E-state index in [0.29, 0.717) is 12.3 Å². The molecule has 0 unspecified atom stereocenters. The van der Waals surface area contributed by atoms with Crippen molar-refractivity contribution in [1.29, 1.82) is 0 Å². The van der Waals surface area contributed by atoms with Crippen LogP contribution >= 0.6 is 15.9 Å². The van der Waals surface area contributed by atoms with Gasteiger partial charge in [0.15, 0.2) is 4.67 Å². The molecule has 0 aliphatic heterocycles. The Morgan fingerprint density at radius 1 is 1.38 bits per heavy atom. The maximum atomic E-state index is 12.3. The molecule has 21 heavy (non-hydrogen) atoms. The minimum absolute atomic E-state index is 0.0919. The summed E-state index contributed by atoms with van der Waals surface area (Å²) in [5.41, 5.74) is 1.81.